The Morgan fingerprint density at radius 1 is 0.765 bits per heavy atom. The molecule has 3 rings (SSSR count). The maximum Gasteiger partial charge on any atom is 0.186 e. The monoisotopic (exact) mass is 233 g/mol. The molecule has 0 spiro atoms. The van der Waals surface area contributed by atoms with Crippen molar-refractivity contribution in [3.8, 4) is 22.8 Å². The van der Waals surface area contributed by atoms with Crippen molar-refractivity contribution in [2.75, 3.05) is 0 Å². The number of hydrogen-bond donors (Lipinski definition) is 3. The molecule has 3 aromatic rings. The van der Waals surface area contributed by atoms with E-state index in [-0.39, 0.29) is 11.4 Å². The van der Waals surface area contributed by atoms with E-state index in [4.69, 9.17) is 0 Å². The van der Waals surface area contributed by atoms with Gasteiger partial charge in [0.05, 0.1) is 11.4 Å². The second-order valence-corrected chi connectivity index (χ2v) is 3.67. The van der Waals surface area contributed by atoms with Crippen molar-refractivity contribution in [3.63, 3.8) is 0 Å². The molecule has 0 aliphatic carbocycles. The summed E-state index contributed by atoms with van der Waals surface area (Å²) in [6.45, 7) is 0. The summed E-state index contributed by atoms with van der Waals surface area (Å²) in [4.78, 5) is 8.41. The maximum atomic E-state index is 13.7. The molecular formula is C12H9F2N3. The Bertz CT molecular complexity index is 566. The SMILES string of the molecule is Fc1c(-c2ccc[nH]2)[nH]c(-c2ccc[nH]2)c1F. The number of H-pyrrole nitrogens is 3. The molecule has 3 heterocycles. The van der Waals surface area contributed by atoms with Crippen molar-refractivity contribution >= 4 is 0 Å². The van der Waals surface area contributed by atoms with E-state index in [1.165, 1.54) is 0 Å². The van der Waals surface area contributed by atoms with Crippen LogP contribution in [-0.2, 0) is 0 Å². The molecule has 0 fully saturated rings. The summed E-state index contributed by atoms with van der Waals surface area (Å²) in [5, 5.41) is 0. The smallest absolute Gasteiger partial charge is 0.186 e. The lowest BCUT2D eigenvalue weighted by Gasteiger charge is -1.93. The summed E-state index contributed by atoms with van der Waals surface area (Å²) >= 11 is 0. The number of halogens is 2. The number of aromatic amines is 3. The first-order chi connectivity index (χ1) is 8.27. The standard InChI is InChI=1S/C12H9F2N3/c13-9-10(14)12(8-4-2-6-16-8)17-11(9)7-3-1-5-15-7/h1-6,15-17H. The average molecular weight is 233 g/mol. The minimum atomic E-state index is -0.878. The lowest BCUT2D eigenvalue weighted by Crippen LogP contribution is -1.81. The normalized spacial score (nSPS) is 10.9. The first-order valence-electron chi connectivity index (χ1n) is 5.12. The summed E-state index contributed by atoms with van der Waals surface area (Å²) in [5.41, 5.74) is 1.27. The highest BCUT2D eigenvalue weighted by Crippen LogP contribution is 2.29. The summed E-state index contributed by atoms with van der Waals surface area (Å²) < 4.78 is 27.5. The van der Waals surface area contributed by atoms with E-state index >= 15 is 0 Å². The first-order valence-corrected chi connectivity index (χ1v) is 5.12. The molecule has 0 unspecified atom stereocenters. The van der Waals surface area contributed by atoms with Crippen molar-refractivity contribution in [3.05, 3.63) is 48.3 Å². The van der Waals surface area contributed by atoms with Crippen LogP contribution in [0.1, 0.15) is 0 Å². The molecule has 86 valence electrons. The minimum absolute atomic E-state index is 0.122. The van der Waals surface area contributed by atoms with Gasteiger partial charge in [0.1, 0.15) is 11.4 Å². The Morgan fingerprint density at radius 2 is 1.24 bits per heavy atom. The van der Waals surface area contributed by atoms with Crippen LogP contribution in [0.4, 0.5) is 8.78 Å². The quantitative estimate of drug-likeness (QED) is 0.608. The molecule has 3 aromatic heterocycles. The van der Waals surface area contributed by atoms with E-state index in [0.717, 1.165) is 0 Å². The van der Waals surface area contributed by atoms with E-state index in [1.54, 1.807) is 36.7 Å². The van der Waals surface area contributed by atoms with E-state index in [2.05, 4.69) is 15.0 Å². The highest BCUT2D eigenvalue weighted by atomic mass is 19.2. The van der Waals surface area contributed by atoms with Crippen molar-refractivity contribution in [2.24, 2.45) is 0 Å². The Labute approximate surface area is 95.5 Å². The van der Waals surface area contributed by atoms with Gasteiger partial charge in [0.2, 0.25) is 0 Å². The van der Waals surface area contributed by atoms with Crippen LogP contribution >= 0.6 is 0 Å². The van der Waals surface area contributed by atoms with Gasteiger partial charge in [-0.3, -0.25) is 0 Å². The highest BCUT2D eigenvalue weighted by molar-refractivity contribution is 5.65. The predicted octanol–water partition coefficient (Wildman–Crippen LogP) is 3.28. The lowest BCUT2D eigenvalue weighted by molar-refractivity contribution is 0.520. The molecule has 3 N–H and O–H groups in total. The molecule has 0 saturated heterocycles. The molecule has 0 atom stereocenters. The molecule has 0 radical (unpaired) electrons. The molecule has 0 aliphatic heterocycles. The molecule has 0 amide bonds. The number of aromatic nitrogens is 3. The van der Waals surface area contributed by atoms with Gasteiger partial charge in [-0.1, -0.05) is 0 Å². The zero-order chi connectivity index (χ0) is 11.8. The number of hydrogen-bond acceptors (Lipinski definition) is 0. The van der Waals surface area contributed by atoms with Crippen molar-refractivity contribution in [1.82, 2.24) is 15.0 Å². The third-order valence-corrected chi connectivity index (χ3v) is 2.62. The lowest BCUT2D eigenvalue weighted by atomic mass is 10.3. The highest BCUT2D eigenvalue weighted by Gasteiger charge is 2.20. The summed E-state index contributed by atoms with van der Waals surface area (Å²) in [6.07, 6.45) is 3.31. The van der Waals surface area contributed by atoms with Gasteiger partial charge in [0.15, 0.2) is 11.6 Å². The van der Waals surface area contributed by atoms with Gasteiger partial charge < -0.3 is 15.0 Å². The molecule has 0 bridgehead atoms. The molecule has 0 aliphatic rings. The van der Waals surface area contributed by atoms with Crippen LogP contribution in [-0.4, -0.2) is 15.0 Å². The Balaban J connectivity index is 2.18. The van der Waals surface area contributed by atoms with Crippen LogP contribution in [0, 0.1) is 11.6 Å². The first kappa shape index (κ1) is 9.89. The topological polar surface area (TPSA) is 47.4 Å². The molecule has 0 saturated carbocycles. The van der Waals surface area contributed by atoms with Crippen LogP contribution in [0.25, 0.3) is 22.8 Å². The van der Waals surface area contributed by atoms with Gasteiger partial charge in [-0.25, -0.2) is 8.78 Å². The largest absolute Gasteiger partial charge is 0.360 e. The van der Waals surface area contributed by atoms with E-state index in [9.17, 15) is 8.78 Å². The molecular weight excluding hydrogens is 224 g/mol. The third-order valence-electron chi connectivity index (χ3n) is 2.62. The van der Waals surface area contributed by atoms with Crippen LogP contribution in [0.5, 0.6) is 0 Å². The summed E-state index contributed by atoms with van der Waals surface area (Å²) in [5.74, 6) is -1.76. The molecule has 3 nitrogen and oxygen atoms in total. The predicted molar refractivity (Wildman–Crippen MR) is 60.3 cm³/mol. The zero-order valence-corrected chi connectivity index (χ0v) is 8.72. The van der Waals surface area contributed by atoms with Crippen molar-refractivity contribution in [2.45, 2.75) is 0 Å². The van der Waals surface area contributed by atoms with Gasteiger partial charge in [-0.15, -0.1) is 0 Å². The summed E-state index contributed by atoms with van der Waals surface area (Å²) in [7, 11) is 0. The Kier molecular flexibility index (Phi) is 2.11. The zero-order valence-electron chi connectivity index (χ0n) is 8.72. The Hall–Kier alpha value is -2.30. The van der Waals surface area contributed by atoms with Crippen LogP contribution < -0.4 is 0 Å². The second kappa shape index (κ2) is 3.62. The number of rotatable bonds is 2. The van der Waals surface area contributed by atoms with Crippen molar-refractivity contribution in [1.29, 1.82) is 0 Å². The van der Waals surface area contributed by atoms with Crippen LogP contribution in [0.15, 0.2) is 36.7 Å². The number of nitrogens with one attached hydrogen (secondary N) is 3. The fraction of sp³-hybridized carbons (Fsp3) is 0. The van der Waals surface area contributed by atoms with Crippen LogP contribution in [0.2, 0.25) is 0 Å². The van der Waals surface area contributed by atoms with Gasteiger partial charge in [0, 0.05) is 12.4 Å². The van der Waals surface area contributed by atoms with E-state index in [0.29, 0.717) is 11.4 Å². The van der Waals surface area contributed by atoms with Gasteiger partial charge in [-0.05, 0) is 24.3 Å². The molecule has 5 heteroatoms. The van der Waals surface area contributed by atoms with Crippen LogP contribution in [0.3, 0.4) is 0 Å². The second-order valence-electron chi connectivity index (χ2n) is 3.67. The average Bonchev–Trinajstić information content (AvgIpc) is 3.02. The van der Waals surface area contributed by atoms with E-state index in [1.807, 2.05) is 0 Å². The van der Waals surface area contributed by atoms with Gasteiger partial charge >= 0.3 is 0 Å². The summed E-state index contributed by atoms with van der Waals surface area (Å²) in [6, 6.07) is 6.79. The Morgan fingerprint density at radius 3 is 1.59 bits per heavy atom. The van der Waals surface area contributed by atoms with Gasteiger partial charge in [-0.2, -0.15) is 0 Å². The maximum absolute atomic E-state index is 13.7. The fourth-order valence-corrected chi connectivity index (χ4v) is 1.80. The van der Waals surface area contributed by atoms with Crippen molar-refractivity contribution < 1.29 is 8.78 Å². The van der Waals surface area contributed by atoms with E-state index < -0.39 is 11.6 Å². The fourth-order valence-electron chi connectivity index (χ4n) is 1.80. The third kappa shape index (κ3) is 1.47. The molecule has 0 aromatic carbocycles. The van der Waals surface area contributed by atoms with Gasteiger partial charge in [0.25, 0.3) is 0 Å². The minimum Gasteiger partial charge on any atom is -0.360 e. The molecule has 17 heavy (non-hydrogen) atoms.